The Morgan fingerprint density at radius 2 is 1.86 bits per heavy atom. The third-order valence-corrected chi connectivity index (χ3v) is 3.79. The summed E-state index contributed by atoms with van der Waals surface area (Å²) in [4.78, 5) is 11.8. The van der Waals surface area contributed by atoms with Crippen molar-refractivity contribution in [2.24, 2.45) is 5.92 Å². The highest BCUT2D eigenvalue weighted by atomic mass is 35.6. The highest BCUT2D eigenvalue weighted by Crippen LogP contribution is 2.29. The first-order valence-corrected chi connectivity index (χ1v) is 7.91. The van der Waals surface area contributed by atoms with Crippen molar-refractivity contribution in [2.45, 2.75) is 44.2 Å². The SMILES string of the molecule is Cc1ccc(C)c(CN[C@H](NC(=O)C(C)C)C(Cl)(Cl)Cl)c1. The lowest BCUT2D eigenvalue weighted by atomic mass is 10.1. The molecule has 1 atom stereocenters. The second-order valence-corrected chi connectivity index (χ2v) is 7.82. The van der Waals surface area contributed by atoms with Crippen molar-refractivity contribution in [3.05, 3.63) is 34.9 Å². The van der Waals surface area contributed by atoms with Crippen LogP contribution in [0.5, 0.6) is 0 Å². The van der Waals surface area contributed by atoms with Gasteiger partial charge in [-0.1, -0.05) is 72.4 Å². The average molecular weight is 352 g/mol. The number of halogens is 3. The Morgan fingerprint density at radius 3 is 2.38 bits per heavy atom. The van der Waals surface area contributed by atoms with Crippen LogP contribution in [0.4, 0.5) is 0 Å². The molecule has 21 heavy (non-hydrogen) atoms. The number of hydrogen-bond acceptors (Lipinski definition) is 2. The van der Waals surface area contributed by atoms with Gasteiger partial charge in [-0.3, -0.25) is 10.1 Å². The average Bonchev–Trinajstić information content (AvgIpc) is 2.36. The standard InChI is InChI=1S/C15H21Cl3N2O/c1-9(2)13(21)20-14(15(16,17)18)19-8-12-7-10(3)5-6-11(12)4/h5-7,9,14,19H,8H2,1-4H3,(H,20,21)/t14-/m1/s1. The molecule has 0 unspecified atom stereocenters. The fraction of sp³-hybridized carbons (Fsp3) is 0.533. The summed E-state index contributed by atoms with van der Waals surface area (Å²) in [6.07, 6.45) is -0.752. The number of carbonyl (C=O) groups excluding carboxylic acids is 1. The van der Waals surface area contributed by atoms with Gasteiger partial charge in [0.1, 0.15) is 6.17 Å². The van der Waals surface area contributed by atoms with Crippen LogP contribution in [0.1, 0.15) is 30.5 Å². The minimum Gasteiger partial charge on any atom is -0.336 e. The van der Waals surface area contributed by atoms with Crippen LogP contribution in [-0.2, 0) is 11.3 Å². The minimum atomic E-state index is -1.62. The number of amides is 1. The van der Waals surface area contributed by atoms with E-state index in [-0.39, 0.29) is 11.8 Å². The highest BCUT2D eigenvalue weighted by Gasteiger charge is 2.34. The fourth-order valence-electron chi connectivity index (χ4n) is 1.76. The van der Waals surface area contributed by atoms with Crippen molar-refractivity contribution >= 4 is 40.7 Å². The Morgan fingerprint density at radius 1 is 1.24 bits per heavy atom. The van der Waals surface area contributed by atoms with Crippen LogP contribution in [0.2, 0.25) is 0 Å². The molecule has 1 aromatic carbocycles. The largest absolute Gasteiger partial charge is 0.336 e. The molecular formula is C15H21Cl3N2O. The van der Waals surface area contributed by atoms with Crippen LogP contribution in [0.25, 0.3) is 0 Å². The Balaban J connectivity index is 2.78. The maximum absolute atomic E-state index is 11.8. The molecule has 3 nitrogen and oxygen atoms in total. The monoisotopic (exact) mass is 350 g/mol. The topological polar surface area (TPSA) is 41.1 Å². The van der Waals surface area contributed by atoms with Crippen molar-refractivity contribution in [1.29, 1.82) is 0 Å². The van der Waals surface area contributed by atoms with E-state index in [0.717, 1.165) is 16.7 Å². The number of hydrogen-bond donors (Lipinski definition) is 2. The number of nitrogens with one attached hydrogen (secondary N) is 2. The van der Waals surface area contributed by atoms with Gasteiger partial charge in [0.25, 0.3) is 0 Å². The number of carbonyl (C=O) groups is 1. The minimum absolute atomic E-state index is 0.167. The zero-order valence-electron chi connectivity index (χ0n) is 12.6. The van der Waals surface area contributed by atoms with Gasteiger partial charge in [-0.05, 0) is 25.0 Å². The normalized spacial score (nSPS) is 13.3. The molecule has 0 bridgehead atoms. The lowest BCUT2D eigenvalue weighted by Crippen LogP contribution is -2.54. The van der Waals surface area contributed by atoms with Crippen LogP contribution in [0.3, 0.4) is 0 Å². The van der Waals surface area contributed by atoms with Gasteiger partial charge < -0.3 is 5.32 Å². The molecule has 0 saturated carbocycles. The molecule has 1 aromatic rings. The van der Waals surface area contributed by atoms with Gasteiger partial charge in [-0.2, -0.15) is 0 Å². The second kappa shape index (κ2) is 7.68. The van der Waals surface area contributed by atoms with Crippen LogP contribution in [-0.4, -0.2) is 15.9 Å². The molecule has 0 aromatic heterocycles. The van der Waals surface area contributed by atoms with Gasteiger partial charge in [0, 0.05) is 12.5 Å². The first-order valence-electron chi connectivity index (χ1n) is 6.78. The van der Waals surface area contributed by atoms with Gasteiger partial charge in [0.2, 0.25) is 9.70 Å². The maximum Gasteiger partial charge on any atom is 0.223 e. The first-order chi connectivity index (χ1) is 9.61. The van der Waals surface area contributed by atoms with E-state index in [1.54, 1.807) is 13.8 Å². The lowest BCUT2D eigenvalue weighted by molar-refractivity contribution is -0.124. The van der Waals surface area contributed by atoms with Gasteiger partial charge in [0.15, 0.2) is 0 Å². The quantitative estimate of drug-likeness (QED) is 0.625. The molecule has 0 spiro atoms. The Labute approximate surface area is 141 Å². The molecule has 118 valence electrons. The summed E-state index contributed by atoms with van der Waals surface area (Å²) in [5.74, 6) is -0.345. The van der Waals surface area contributed by atoms with Gasteiger partial charge in [0.05, 0.1) is 0 Å². The molecule has 0 fully saturated rings. The van der Waals surface area contributed by atoms with E-state index in [0.29, 0.717) is 6.54 Å². The van der Waals surface area contributed by atoms with Crippen molar-refractivity contribution in [3.63, 3.8) is 0 Å². The van der Waals surface area contributed by atoms with Gasteiger partial charge in [-0.15, -0.1) is 0 Å². The van der Waals surface area contributed by atoms with Crippen LogP contribution >= 0.6 is 34.8 Å². The van der Waals surface area contributed by atoms with E-state index in [1.807, 2.05) is 26.0 Å². The van der Waals surface area contributed by atoms with Crippen LogP contribution in [0, 0.1) is 19.8 Å². The maximum atomic E-state index is 11.8. The summed E-state index contributed by atoms with van der Waals surface area (Å²) in [5.41, 5.74) is 3.41. The highest BCUT2D eigenvalue weighted by molar-refractivity contribution is 6.68. The smallest absolute Gasteiger partial charge is 0.223 e. The summed E-state index contributed by atoms with van der Waals surface area (Å²) < 4.78 is -1.62. The van der Waals surface area contributed by atoms with E-state index in [1.165, 1.54) is 0 Å². The first kappa shape index (κ1) is 18.6. The third-order valence-electron chi connectivity index (χ3n) is 3.14. The molecule has 0 radical (unpaired) electrons. The van der Waals surface area contributed by atoms with Gasteiger partial charge >= 0.3 is 0 Å². The molecule has 2 N–H and O–H groups in total. The molecule has 0 saturated heterocycles. The number of aryl methyl sites for hydroxylation is 2. The Hall–Kier alpha value is -0.480. The van der Waals surface area contributed by atoms with E-state index < -0.39 is 9.96 Å². The van der Waals surface area contributed by atoms with Crippen molar-refractivity contribution < 1.29 is 4.79 Å². The second-order valence-electron chi connectivity index (χ2n) is 5.45. The van der Waals surface area contributed by atoms with Crippen molar-refractivity contribution in [2.75, 3.05) is 0 Å². The number of rotatable bonds is 5. The zero-order chi connectivity index (χ0) is 16.2. The molecule has 1 rings (SSSR count). The summed E-state index contributed by atoms with van der Waals surface area (Å²) in [5, 5.41) is 5.82. The Kier molecular flexibility index (Phi) is 6.79. The summed E-state index contributed by atoms with van der Waals surface area (Å²) in [6.45, 7) is 8.12. The molecule has 0 aliphatic rings. The summed E-state index contributed by atoms with van der Waals surface area (Å²) in [6, 6.07) is 6.16. The summed E-state index contributed by atoms with van der Waals surface area (Å²) in [7, 11) is 0. The molecular weight excluding hydrogens is 331 g/mol. The predicted octanol–water partition coefficient (Wildman–Crippen LogP) is 3.86. The van der Waals surface area contributed by atoms with Crippen molar-refractivity contribution in [1.82, 2.24) is 10.6 Å². The van der Waals surface area contributed by atoms with Gasteiger partial charge in [-0.25, -0.2) is 0 Å². The van der Waals surface area contributed by atoms with Crippen molar-refractivity contribution in [3.8, 4) is 0 Å². The molecule has 1 amide bonds. The summed E-state index contributed by atoms with van der Waals surface area (Å²) >= 11 is 17.8. The predicted molar refractivity (Wildman–Crippen MR) is 89.8 cm³/mol. The van der Waals surface area contributed by atoms with E-state index >= 15 is 0 Å². The molecule has 0 heterocycles. The third kappa shape index (κ3) is 6.03. The van der Waals surface area contributed by atoms with Crippen LogP contribution in [0.15, 0.2) is 18.2 Å². The molecule has 6 heteroatoms. The number of alkyl halides is 3. The van der Waals surface area contributed by atoms with E-state index in [4.69, 9.17) is 34.8 Å². The van der Waals surface area contributed by atoms with E-state index in [9.17, 15) is 4.79 Å². The molecule has 0 aliphatic carbocycles. The fourth-order valence-corrected chi connectivity index (χ4v) is 2.16. The lowest BCUT2D eigenvalue weighted by Gasteiger charge is -2.27. The number of benzene rings is 1. The zero-order valence-corrected chi connectivity index (χ0v) is 14.9. The molecule has 0 aliphatic heterocycles. The van der Waals surface area contributed by atoms with Crippen LogP contribution < -0.4 is 10.6 Å². The Bertz CT molecular complexity index is 498. The van der Waals surface area contributed by atoms with E-state index in [2.05, 4.69) is 16.7 Å².